The van der Waals surface area contributed by atoms with Crippen LogP contribution in [0.25, 0.3) is 28.3 Å². The summed E-state index contributed by atoms with van der Waals surface area (Å²) in [6, 6.07) is 13.9. The van der Waals surface area contributed by atoms with E-state index in [0.717, 1.165) is 59.6 Å². The summed E-state index contributed by atoms with van der Waals surface area (Å²) in [5, 5.41) is 14.4. The molecule has 0 atom stereocenters. The fraction of sp³-hybridized carbons (Fsp3) is 0.269. The number of nitrogens with one attached hydrogen (secondary N) is 1. The normalized spacial score (nSPS) is 11.3. The third-order valence-electron chi connectivity index (χ3n) is 6.29. The van der Waals surface area contributed by atoms with Crippen molar-refractivity contribution in [1.82, 2.24) is 39.3 Å². The predicted molar refractivity (Wildman–Crippen MR) is 134 cm³/mol. The van der Waals surface area contributed by atoms with Crippen molar-refractivity contribution in [2.75, 3.05) is 0 Å². The van der Waals surface area contributed by atoms with Crippen LogP contribution >= 0.6 is 0 Å². The zero-order chi connectivity index (χ0) is 24.2. The van der Waals surface area contributed by atoms with Gasteiger partial charge in [-0.2, -0.15) is 0 Å². The van der Waals surface area contributed by atoms with Gasteiger partial charge < -0.3 is 4.57 Å². The molecule has 178 valence electrons. The molecule has 0 saturated heterocycles. The average molecular weight is 469 g/mol. The number of imidazole rings is 1. The van der Waals surface area contributed by atoms with Gasteiger partial charge in [0.1, 0.15) is 5.82 Å². The van der Waals surface area contributed by atoms with Crippen LogP contribution in [0, 0.1) is 0 Å². The summed E-state index contributed by atoms with van der Waals surface area (Å²) in [6.45, 7) is 5.46. The minimum Gasteiger partial charge on any atom is -0.334 e. The predicted octanol–water partition coefficient (Wildman–Crippen LogP) is 4.09. The number of pyridine rings is 1. The summed E-state index contributed by atoms with van der Waals surface area (Å²) in [7, 11) is 0. The molecule has 0 unspecified atom stereocenters. The molecule has 0 spiro atoms. The lowest BCUT2D eigenvalue weighted by Crippen LogP contribution is -2.26. The minimum absolute atomic E-state index is 0.0491. The molecule has 0 amide bonds. The summed E-state index contributed by atoms with van der Waals surface area (Å²) < 4.78 is 5.72. The van der Waals surface area contributed by atoms with Crippen LogP contribution in [0.15, 0.2) is 72.0 Å². The van der Waals surface area contributed by atoms with Crippen molar-refractivity contribution in [3.8, 4) is 28.3 Å². The van der Waals surface area contributed by atoms with Crippen LogP contribution in [-0.2, 0) is 19.5 Å². The van der Waals surface area contributed by atoms with Gasteiger partial charge in [0, 0.05) is 42.6 Å². The standard InChI is InChI=1S/C26H28N8O/c1-3-5-9-20-18-34(24-12-8-15-32(24)4-2)26(35)33(20)17-19-16-27-14-13-21(19)22-10-6-7-11-23(22)25-28-30-31-29-25/h6-8,10-16,18H,3-5,9,17H2,1-2H3,(H,28,29,30,31). The Balaban J connectivity index is 1.61. The fourth-order valence-electron chi connectivity index (χ4n) is 4.49. The van der Waals surface area contributed by atoms with Crippen LogP contribution in [0.5, 0.6) is 0 Å². The highest BCUT2D eigenvalue weighted by atomic mass is 16.1. The van der Waals surface area contributed by atoms with Gasteiger partial charge in [-0.3, -0.25) is 14.1 Å². The largest absolute Gasteiger partial charge is 0.334 e. The van der Waals surface area contributed by atoms with Gasteiger partial charge in [0.25, 0.3) is 0 Å². The minimum atomic E-state index is -0.0491. The van der Waals surface area contributed by atoms with Crippen molar-refractivity contribution in [2.45, 2.75) is 46.2 Å². The molecule has 9 nitrogen and oxygen atoms in total. The van der Waals surface area contributed by atoms with Crippen LogP contribution in [-0.4, -0.2) is 39.3 Å². The number of rotatable bonds is 9. The zero-order valence-electron chi connectivity index (χ0n) is 19.9. The molecule has 4 aromatic heterocycles. The third-order valence-corrected chi connectivity index (χ3v) is 6.29. The highest BCUT2D eigenvalue weighted by molar-refractivity contribution is 5.81. The van der Waals surface area contributed by atoms with Crippen molar-refractivity contribution >= 4 is 0 Å². The molecule has 5 aromatic rings. The van der Waals surface area contributed by atoms with Crippen molar-refractivity contribution in [2.24, 2.45) is 0 Å². The van der Waals surface area contributed by atoms with Gasteiger partial charge in [-0.15, -0.1) is 5.10 Å². The lowest BCUT2D eigenvalue weighted by Gasteiger charge is -2.14. The maximum absolute atomic E-state index is 13.7. The van der Waals surface area contributed by atoms with Gasteiger partial charge in [-0.05, 0) is 65.1 Å². The Morgan fingerprint density at radius 3 is 2.63 bits per heavy atom. The molecular weight excluding hydrogens is 440 g/mol. The van der Waals surface area contributed by atoms with Crippen LogP contribution in [0.2, 0.25) is 0 Å². The molecule has 0 aliphatic rings. The molecule has 1 aromatic carbocycles. The van der Waals surface area contributed by atoms with E-state index in [2.05, 4.69) is 44.0 Å². The van der Waals surface area contributed by atoms with Crippen molar-refractivity contribution in [1.29, 1.82) is 0 Å². The lowest BCUT2D eigenvalue weighted by molar-refractivity contribution is 0.665. The molecule has 0 aliphatic carbocycles. The SMILES string of the molecule is CCCCc1cn(-c2cccn2CC)c(=O)n1Cc1cnccc1-c1ccccc1-c1nnn[nH]1. The molecule has 5 rings (SSSR count). The van der Waals surface area contributed by atoms with Crippen molar-refractivity contribution in [3.05, 3.63) is 89.0 Å². The molecule has 0 radical (unpaired) electrons. The Kier molecular flexibility index (Phi) is 6.38. The molecule has 0 saturated carbocycles. The molecule has 0 bridgehead atoms. The highest BCUT2D eigenvalue weighted by Gasteiger charge is 2.18. The van der Waals surface area contributed by atoms with Crippen LogP contribution in [0.3, 0.4) is 0 Å². The molecule has 0 fully saturated rings. The van der Waals surface area contributed by atoms with Crippen LogP contribution in [0.4, 0.5) is 0 Å². The van der Waals surface area contributed by atoms with Crippen LogP contribution in [0.1, 0.15) is 37.9 Å². The first-order chi connectivity index (χ1) is 17.2. The maximum Gasteiger partial charge on any atom is 0.334 e. The maximum atomic E-state index is 13.7. The molecule has 9 heteroatoms. The molecule has 35 heavy (non-hydrogen) atoms. The molecular formula is C26H28N8O. The Morgan fingerprint density at radius 1 is 1.00 bits per heavy atom. The van der Waals surface area contributed by atoms with Gasteiger partial charge in [0.05, 0.1) is 6.54 Å². The van der Waals surface area contributed by atoms with E-state index >= 15 is 0 Å². The second kappa shape index (κ2) is 9.92. The Bertz CT molecular complexity index is 1480. The quantitative estimate of drug-likeness (QED) is 0.351. The summed E-state index contributed by atoms with van der Waals surface area (Å²) in [5.41, 5.74) is 4.78. The summed E-state index contributed by atoms with van der Waals surface area (Å²) in [5.74, 6) is 1.47. The van der Waals surface area contributed by atoms with E-state index in [1.165, 1.54) is 0 Å². The third kappa shape index (κ3) is 4.32. The first kappa shape index (κ1) is 22.5. The van der Waals surface area contributed by atoms with Gasteiger partial charge in [-0.1, -0.05) is 37.6 Å². The van der Waals surface area contributed by atoms with E-state index in [1.807, 2.05) is 65.6 Å². The number of nitrogens with zero attached hydrogens (tertiary/aromatic N) is 7. The number of hydrogen-bond acceptors (Lipinski definition) is 5. The number of hydrogen-bond donors (Lipinski definition) is 1. The Labute approximate surface area is 203 Å². The average Bonchev–Trinajstić information content (AvgIpc) is 3.65. The van der Waals surface area contributed by atoms with Gasteiger partial charge >= 0.3 is 5.69 Å². The van der Waals surface area contributed by atoms with Crippen LogP contribution < -0.4 is 5.69 Å². The monoisotopic (exact) mass is 468 g/mol. The van der Waals surface area contributed by atoms with Gasteiger partial charge in [0.15, 0.2) is 5.82 Å². The molecule has 0 aliphatic heterocycles. The zero-order valence-corrected chi connectivity index (χ0v) is 19.9. The number of H-pyrrole nitrogens is 1. The summed E-state index contributed by atoms with van der Waals surface area (Å²) in [6.07, 6.45) is 10.5. The topological polar surface area (TPSA) is 99.2 Å². The number of aromatic amines is 1. The smallest absolute Gasteiger partial charge is 0.334 e. The van der Waals surface area contributed by atoms with E-state index in [0.29, 0.717) is 12.4 Å². The molecule has 4 heterocycles. The second-order valence-electron chi connectivity index (χ2n) is 8.44. The van der Waals surface area contributed by atoms with Gasteiger partial charge in [0.2, 0.25) is 0 Å². The van der Waals surface area contributed by atoms with Gasteiger partial charge in [-0.25, -0.2) is 9.89 Å². The first-order valence-corrected chi connectivity index (χ1v) is 11.9. The Morgan fingerprint density at radius 2 is 1.86 bits per heavy atom. The van der Waals surface area contributed by atoms with Crippen molar-refractivity contribution < 1.29 is 0 Å². The van der Waals surface area contributed by atoms with E-state index in [-0.39, 0.29) is 5.69 Å². The Hall–Kier alpha value is -4.27. The van der Waals surface area contributed by atoms with E-state index in [4.69, 9.17) is 0 Å². The number of aryl methyl sites for hydroxylation is 2. The van der Waals surface area contributed by atoms with Crippen molar-refractivity contribution in [3.63, 3.8) is 0 Å². The summed E-state index contributed by atoms with van der Waals surface area (Å²) in [4.78, 5) is 18.1. The first-order valence-electron chi connectivity index (χ1n) is 11.9. The number of benzene rings is 1. The lowest BCUT2D eigenvalue weighted by atomic mass is 9.96. The van der Waals surface area contributed by atoms with E-state index < -0.39 is 0 Å². The van der Waals surface area contributed by atoms with E-state index in [9.17, 15) is 4.79 Å². The number of unbranched alkanes of at least 4 members (excludes halogenated alkanes) is 1. The fourth-order valence-corrected chi connectivity index (χ4v) is 4.49. The molecule has 1 N–H and O–H groups in total. The number of tetrazole rings is 1. The van der Waals surface area contributed by atoms with E-state index in [1.54, 1.807) is 10.8 Å². The highest BCUT2D eigenvalue weighted by Crippen LogP contribution is 2.32. The summed E-state index contributed by atoms with van der Waals surface area (Å²) >= 11 is 0. The second-order valence-corrected chi connectivity index (χ2v) is 8.44. The number of aromatic nitrogens is 8.